The number of hydrogen-bond donors (Lipinski definition) is 1. The number of nitro benzene ring substituents is 1. The summed E-state index contributed by atoms with van der Waals surface area (Å²) in [4.78, 5) is 25.7. The van der Waals surface area contributed by atoms with Crippen LogP contribution in [0.4, 0.5) is 17.1 Å². The first-order chi connectivity index (χ1) is 13.5. The van der Waals surface area contributed by atoms with Crippen molar-refractivity contribution in [1.29, 1.82) is 0 Å². The van der Waals surface area contributed by atoms with Gasteiger partial charge in [-0.2, -0.15) is 0 Å². The Balaban J connectivity index is 1.67. The largest absolute Gasteiger partial charge is 0.487 e. The van der Waals surface area contributed by atoms with E-state index in [2.05, 4.69) is 21.2 Å². The molecule has 1 heterocycles. The van der Waals surface area contributed by atoms with Crippen LogP contribution in [0.2, 0.25) is 0 Å². The number of rotatable bonds is 6. The molecule has 0 radical (unpaired) electrons. The van der Waals surface area contributed by atoms with Crippen molar-refractivity contribution >= 4 is 38.9 Å². The smallest absolute Gasteiger partial charge is 0.333 e. The average Bonchev–Trinajstić information content (AvgIpc) is 2.70. The van der Waals surface area contributed by atoms with E-state index in [1.165, 1.54) is 0 Å². The molecule has 148 valence electrons. The third-order valence-corrected chi connectivity index (χ3v) is 5.31. The van der Waals surface area contributed by atoms with E-state index >= 15 is 0 Å². The minimum Gasteiger partial charge on any atom is -0.487 e. The second-order valence-corrected chi connectivity index (χ2v) is 7.49. The number of carbonyl (C=O) groups excluding carboxylic acids is 1. The molecule has 28 heavy (non-hydrogen) atoms. The van der Waals surface area contributed by atoms with E-state index in [1.54, 1.807) is 25.1 Å². The topological polar surface area (TPSA) is 84.7 Å². The lowest BCUT2D eigenvalue weighted by Crippen LogP contribution is -2.38. The molecule has 0 unspecified atom stereocenters. The highest BCUT2D eigenvalue weighted by molar-refractivity contribution is 9.10. The Morgan fingerprint density at radius 3 is 2.54 bits per heavy atom. The van der Waals surface area contributed by atoms with Gasteiger partial charge in [-0.3, -0.25) is 14.9 Å². The van der Waals surface area contributed by atoms with Crippen LogP contribution in [-0.2, 0) is 4.79 Å². The number of halogens is 1. The molecule has 1 N–H and O–H groups in total. The van der Waals surface area contributed by atoms with Crippen LogP contribution < -0.4 is 15.0 Å². The third-order valence-electron chi connectivity index (χ3n) is 4.78. The quantitative estimate of drug-likeness (QED) is 0.515. The SMILES string of the molecule is CCOc1cccc(N2CCC(C(=O)Nc3ccc(Br)cc3)CC2)c1[N+](=O)[O-]. The van der Waals surface area contributed by atoms with Gasteiger partial charge in [0.2, 0.25) is 5.91 Å². The van der Waals surface area contributed by atoms with E-state index in [4.69, 9.17) is 4.74 Å². The van der Waals surface area contributed by atoms with E-state index in [0.29, 0.717) is 38.2 Å². The number of amides is 1. The number of anilines is 2. The molecule has 7 nitrogen and oxygen atoms in total. The zero-order chi connectivity index (χ0) is 20.1. The van der Waals surface area contributed by atoms with E-state index in [0.717, 1.165) is 10.2 Å². The van der Waals surface area contributed by atoms with Gasteiger partial charge in [0, 0.05) is 29.2 Å². The van der Waals surface area contributed by atoms with Crippen LogP contribution in [0.25, 0.3) is 0 Å². The summed E-state index contributed by atoms with van der Waals surface area (Å²) in [5.74, 6) is 0.147. The molecule has 8 heteroatoms. The van der Waals surface area contributed by atoms with Crippen molar-refractivity contribution in [3.05, 3.63) is 57.1 Å². The molecule has 0 aromatic heterocycles. The molecule has 1 amide bonds. The number of hydrogen-bond acceptors (Lipinski definition) is 5. The van der Waals surface area contributed by atoms with Crippen LogP contribution in [0, 0.1) is 16.0 Å². The first kappa shape index (κ1) is 20.1. The fourth-order valence-corrected chi connectivity index (χ4v) is 3.65. The van der Waals surface area contributed by atoms with Gasteiger partial charge < -0.3 is 15.0 Å². The normalized spacial score (nSPS) is 14.6. The molecule has 0 saturated carbocycles. The van der Waals surface area contributed by atoms with Gasteiger partial charge in [-0.25, -0.2) is 0 Å². The van der Waals surface area contributed by atoms with Crippen LogP contribution in [0.15, 0.2) is 46.9 Å². The summed E-state index contributed by atoms with van der Waals surface area (Å²) in [5, 5.41) is 14.5. The first-order valence-corrected chi connectivity index (χ1v) is 10.0. The number of ether oxygens (including phenoxy) is 1. The lowest BCUT2D eigenvalue weighted by atomic mass is 9.95. The summed E-state index contributed by atoms with van der Waals surface area (Å²) in [6.07, 6.45) is 1.27. The number of piperidine rings is 1. The van der Waals surface area contributed by atoms with Gasteiger partial charge in [0.1, 0.15) is 5.69 Å². The number of nitrogens with one attached hydrogen (secondary N) is 1. The number of para-hydroxylation sites is 1. The average molecular weight is 448 g/mol. The van der Waals surface area contributed by atoms with Crippen LogP contribution in [0.1, 0.15) is 19.8 Å². The predicted molar refractivity (Wildman–Crippen MR) is 112 cm³/mol. The zero-order valence-corrected chi connectivity index (χ0v) is 17.1. The maximum Gasteiger partial charge on any atom is 0.333 e. The van der Waals surface area contributed by atoms with Crippen molar-refractivity contribution < 1.29 is 14.5 Å². The van der Waals surface area contributed by atoms with Gasteiger partial charge in [-0.1, -0.05) is 22.0 Å². The second-order valence-electron chi connectivity index (χ2n) is 6.57. The van der Waals surface area contributed by atoms with Crippen molar-refractivity contribution in [2.24, 2.45) is 5.92 Å². The summed E-state index contributed by atoms with van der Waals surface area (Å²) in [6, 6.07) is 12.6. The number of benzene rings is 2. The fraction of sp³-hybridized carbons (Fsp3) is 0.350. The van der Waals surface area contributed by atoms with Crippen molar-refractivity contribution in [2.75, 3.05) is 29.9 Å². The molecule has 3 rings (SSSR count). The number of nitrogens with zero attached hydrogens (tertiary/aromatic N) is 2. The van der Waals surface area contributed by atoms with Crippen LogP contribution >= 0.6 is 15.9 Å². The van der Waals surface area contributed by atoms with Crippen molar-refractivity contribution in [3.63, 3.8) is 0 Å². The van der Waals surface area contributed by atoms with Gasteiger partial charge in [-0.05, 0) is 56.2 Å². The molecular formula is C20H22BrN3O4. The Bertz CT molecular complexity index is 849. The lowest BCUT2D eigenvalue weighted by molar-refractivity contribution is -0.385. The standard InChI is InChI=1S/C20H22BrN3O4/c1-2-28-18-5-3-4-17(19(18)24(26)27)23-12-10-14(11-13-23)20(25)22-16-8-6-15(21)7-9-16/h3-9,14H,2,10-13H2,1H3,(H,22,25). The Morgan fingerprint density at radius 2 is 1.93 bits per heavy atom. The molecule has 2 aromatic carbocycles. The molecule has 1 saturated heterocycles. The molecule has 1 aliphatic heterocycles. The molecule has 0 atom stereocenters. The number of nitro groups is 1. The van der Waals surface area contributed by atoms with Gasteiger partial charge in [0.25, 0.3) is 0 Å². The van der Waals surface area contributed by atoms with E-state index < -0.39 is 4.92 Å². The Labute approximate surface area is 172 Å². The van der Waals surface area contributed by atoms with Crippen molar-refractivity contribution in [3.8, 4) is 5.75 Å². The van der Waals surface area contributed by atoms with Crippen molar-refractivity contribution in [1.82, 2.24) is 0 Å². The highest BCUT2D eigenvalue weighted by Crippen LogP contribution is 2.38. The highest BCUT2D eigenvalue weighted by Gasteiger charge is 2.30. The molecule has 0 bridgehead atoms. The molecule has 0 aliphatic carbocycles. The minimum atomic E-state index is -0.396. The second kappa shape index (κ2) is 9.05. The van der Waals surface area contributed by atoms with E-state index in [1.807, 2.05) is 29.2 Å². The Hall–Kier alpha value is -2.61. The van der Waals surface area contributed by atoms with E-state index in [9.17, 15) is 14.9 Å². The van der Waals surface area contributed by atoms with Crippen LogP contribution in [-0.4, -0.2) is 30.5 Å². The van der Waals surface area contributed by atoms with Gasteiger partial charge in [0.15, 0.2) is 5.75 Å². The maximum atomic E-state index is 12.5. The third kappa shape index (κ3) is 4.62. The van der Waals surface area contributed by atoms with E-state index in [-0.39, 0.29) is 23.3 Å². The van der Waals surface area contributed by atoms with Crippen LogP contribution in [0.5, 0.6) is 5.75 Å². The van der Waals surface area contributed by atoms with Gasteiger partial charge >= 0.3 is 5.69 Å². The Morgan fingerprint density at radius 1 is 1.25 bits per heavy atom. The predicted octanol–water partition coefficient (Wildman–Crippen LogP) is 4.61. The molecular weight excluding hydrogens is 426 g/mol. The molecule has 1 aliphatic rings. The summed E-state index contributed by atoms with van der Waals surface area (Å²) in [6.45, 7) is 3.32. The summed E-state index contributed by atoms with van der Waals surface area (Å²) < 4.78 is 6.38. The molecule has 2 aromatic rings. The maximum absolute atomic E-state index is 12.5. The van der Waals surface area contributed by atoms with Gasteiger partial charge in [-0.15, -0.1) is 0 Å². The minimum absolute atomic E-state index is 0.0119. The monoisotopic (exact) mass is 447 g/mol. The van der Waals surface area contributed by atoms with Gasteiger partial charge in [0.05, 0.1) is 11.5 Å². The Kier molecular flexibility index (Phi) is 6.51. The molecule has 0 spiro atoms. The number of carbonyl (C=O) groups is 1. The molecule has 1 fully saturated rings. The first-order valence-electron chi connectivity index (χ1n) is 9.21. The summed E-state index contributed by atoms with van der Waals surface area (Å²) in [7, 11) is 0. The zero-order valence-electron chi connectivity index (χ0n) is 15.6. The van der Waals surface area contributed by atoms with Crippen LogP contribution in [0.3, 0.4) is 0 Å². The fourth-order valence-electron chi connectivity index (χ4n) is 3.38. The summed E-state index contributed by atoms with van der Waals surface area (Å²) >= 11 is 3.37. The lowest BCUT2D eigenvalue weighted by Gasteiger charge is -2.32. The highest BCUT2D eigenvalue weighted by atomic mass is 79.9. The summed E-state index contributed by atoms with van der Waals surface area (Å²) in [5.41, 5.74) is 1.29. The van der Waals surface area contributed by atoms with Crippen molar-refractivity contribution in [2.45, 2.75) is 19.8 Å².